The molecule has 0 saturated carbocycles. The summed E-state index contributed by atoms with van der Waals surface area (Å²) in [6.07, 6.45) is 8.62. The monoisotopic (exact) mass is 998 g/mol. The molecule has 2 atom stereocenters. The zero-order chi connectivity index (χ0) is 51.5. The van der Waals surface area contributed by atoms with Crippen LogP contribution in [0.2, 0.25) is 0 Å². The van der Waals surface area contributed by atoms with Crippen LogP contribution in [0.5, 0.6) is 5.75 Å². The van der Waals surface area contributed by atoms with Gasteiger partial charge in [0.25, 0.3) is 0 Å². The van der Waals surface area contributed by atoms with Crippen LogP contribution in [-0.2, 0) is 0 Å². The van der Waals surface area contributed by atoms with Gasteiger partial charge in [0.15, 0.2) is 5.58 Å². The second-order valence-corrected chi connectivity index (χ2v) is 20.3. The quantitative estimate of drug-likeness (QED) is 0.128. The lowest BCUT2D eigenvalue weighted by atomic mass is 9.84. The number of para-hydroxylation sites is 5. The predicted molar refractivity (Wildman–Crippen MR) is 325 cm³/mol. The molecule has 2 heterocycles. The zero-order valence-electron chi connectivity index (χ0n) is 42.6. The Morgan fingerprint density at radius 1 is 0.308 bits per heavy atom. The number of nitrogens with zero attached hydrogens (tertiary/aromatic N) is 2. The molecule has 13 aromatic rings. The van der Waals surface area contributed by atoms with E-state index in [1.165, 1.54) is 27.8 Å². The molecule has 2 unspecified atom stereocenters. The number of allylic oxidation sites excluding steroid dienone is 2. The van der Waals surface area contributed by atoms with Gasteiger partial charge >= 0.3 is 0 Å². The van der Waals surface area contributed by atoms with Crippen LogP contribution in [0.3, 0.4) is 0 Å². The van der Waals surface area contributed by atoms with Crippen molar-refractivity contribution in [2.45, 2.75) is 12.0 Å². The molecule has 1 aliphatic carbocycles. The van der Waals surface area contributed by atoms with E-state index in [0.717, 1.165) is 106 Å². The highest BCUT2D eigenvalue weighted by Crippen LogP contribution is 2.53. The van der Waals surface area contributed by atoms with Gasteiger partial charge in [0.2, 0.25) is 0 Å². The van der Waals surface area contributed by atoms with Gasteiger partial charge < -0.3 is 19.0 Å². The zero-order valence-corrected chi connectivity index (χ0v) is 42.6. The highest BCUT2D eigenvalue weighted by molar-refractivity contribution is 6.23. The highest BCUT2D eigenvalue weighted by Gasteiger charge is 2.35. The Morgan fingerprint density at radius 2 is 0.769 bits per heavy atom. The number of hydrogen-bond acceptors (Lipinski definition) is 4. The number of furan rings is 1. The average molecular weight is 999 g/mol. The number of rotatable bonds is 10. The van der Waals surface area contributed by atoms with Crippen LogP contribution in [-0.4, -0.2) is 6.10 Å². The molecule has 0 N–H and O–H groups in total. The van der Waals surface area contributed by atoms with Crippen LogP contribution in [0, 0.1) is 0 Å². The normalized spacial score (nSPS) is 14.4. The first kappa shape index (κ1) is 45.3. The van der Waals surface area contributed by atoms with Gasteiger partial charge in [-0.15, -0.1) is 0 Å². The Bertz CT molecular complexity index is 4450. The van der Waals surface area contributed by atoms with Crippen molar-refractivity contribution in [2.75, 3.05) is 9.80 Å². The number of benzene rings is 12. The number of hydrogen-bond donors (Lipinski definition) is 0. The van der Waals surface area contributed by atoms with Crippen LogP contribution in [0.1, 0.15) is 11.5 Å². The van der Waals surface area contributed by atoms with E-state index in [2.05, 4.69) is 295 Å². The summed E-state index contributed by atoms with van der Waals surface area (Å²) in [5.41, 5.74) is 18.3. The molecule has 15 rings (SSSR count). The summed E-state index contributed by atoms with van der Waals surface area (Å²) in [4.78, 5) is 4.73. The van der Waals surface area contributed by atoms with E-state index in [-0.39, 0.29) is 12.0 Å². The largest absolute Gasteiger partial charge is 0.483 e. The molecule has 1 aromatic heterocycles. The first-order chi connectivity index (χ1) is 38.7. The predicted octanol–water partition coefficient (Wildman–Crippen LogP) is 20.5. The summed E-state index contributed by atoms with van der Waals surface area (Å²) < 4.78 is 13.7. The summed E-state index contributed by atoms with van der Waals surface area (Å²) in [6, 6.07) is 96.5. The van der Waals surface area contributed by atoms with E-state index >= 15 is 0 Å². The molecule has 12 aromatic carbocycles. The minimum atomic E-state index is -0.0534. The molecular weight excluding hydrogens is 949 g/mol. The molecule has 368 valence electrons. The van der Waals surface area contributed by atoms with Gasteiger partial charge in [-0.2, -0.15) is 0 Å². The van der Waals surface area contributed by atoms with Gasteiger partial charge in [0.1, 0.15) is 17.4 Å². The van der Waals surface area contributed by atoms with Crippen LogP contribution >= 0.6 is 0 Å². The Hall–Kier alpha value is -10.2. The molecule has 0 spiro atoms. The van der Waals surface area contributed by atoms with E-state index in [4.69, 9.17) is 9.15 Å². The maximum atomic E-state index is 6.91. The highest BCUT2D eigenvalue weighted by atomic mass is 16.5. The summed E-state index contributed by atoms with van der Waals surface area (Å²) in [7, 11) is 0. The summed E-state index contributed by atoms with van der Waals surface area (Å²) in [5.74, 6) is 1.07. The molecule has 78 heavy (non-hydrogen) atoms. The maximum absolute atomic E-state index is 6.91. The van der Waals surface area contributed by atoms with Crippen molar-refractivity contribution in [3.8, 4) is 50.3 Å². The molecule has 0 bridgehead atoms. The first-order valence-corrected chi connectivity index (χ1v) is 26.8. The lowest BCUT2D eigenvalue weighted by Crippen LogP contribution is -2.16. The lowest BCUT2D eigenvalue weighted by molar-refractivity contribution is 0.269. The van der Waals surface area contributed by atoms with Crippen molar-refractivity contribution in [3.63, 3.8) is 0 Å². The third-order valence-electron chi connectivity index (χ3n) is 15.8. The summed E-state index contributed by atoms with van der Waals surface area (Å²) >= 11 is 0. The van der Waals surface area contributed by atoms with Gasteiger partial charge in [0.05, 0.1) is 11.4 Å². The van der Waals surface area contributed by atoms with Gasteiger partial charge in [0, 0.05) is 45.0 Å². The Balaban J connectivity index is 1.02. The van der Waals surface area contributed by atoms with Gasteiger partial charge in [-0.25, -0.2) is 0 Å². The van der Waals surface area contributed by atoms with Crippen molar-refractivity contribution >= 4 is 77.6 Å². The molecule has 0 amide bonds. The van der Waals surface area contributed by atoms with Gasteiger partial charge in [-0.05, 0) is 139 Å². The molecule has 4 nitrogen and oxygen atoms in total. The Kier molecular flexibility index (Phi) is 11.0. The van der Waals surface area contributed by atoms with Gasteiger partial charge in [-0.1, -0.05) is 218 Å². The smallest absolute Gasteiger partial charge is 0.159 e. The topological polar surface area (TPSA) is 28.9 Å². The van der Waals surface area contributed by atoms with Crippen LogP contribution in [0.15, 0.2) is 296 Å². The van der Waals surface area contributed by atoms with E-state index in [9.17, 15) is 0 Å². The minimum Gasteiger partial charge on any atom is -0.483 e. The molecule has 0 radical (unpaired) electrons. The fraction of sp³-hybridized carbons (Fsp3) is 0.0270. The third kappa shape index (κ3) is 7.68. The average Bonchev–Trinajstić information content (AvgIpc) is 4.24. The van der Waals surface area contributed by atoms with E-state index < -0.39 is 0 Å². The van der Waals surface area contributed by atoms with Crippen molar-refractivity contribution in [3.05, 3.63) is 297 Å². The van der Waals surface area contributed by atoms with Gasteiger partial charge in [-0.3, -0.25) is 0 Å². The Labute approximate surface area is 453 Å². The van der Waals surface area contributed by atoms with E-state index in [1.807, 2.05) is 6.07 Å². The summed E-state index contributed by atoms with van der Waals surface area (Å²) in [5, 5.41) is 6.74. The van der Waals surface area contributed by atoms with Crippen molar-refractivity contribution < 1.29 is 9.15 Å². The maximum Gasteiger partial charge on any atom is 0.159 e. The summed E-state index contributed by atoms with van der Waals surface area (Å²) in [6.45, 7) is 0. The molecule has 1 aliphatic heterocycles. The minimum absolute atomic E-state index is 0.0534. The number of anilines is 6. The molecule has 4 heteroatoms. The first-order valence-electron chi connectivity index (χ1n) is 26.8. The van der Waals surface area contributed by atoms with Crippen molar-refractivity contribution in [1.29, 1.82) is 0 Å². The van der Waals surface area contributed by atoms with Crippen LogP contribution < -0.4 is 14.5 Å². The van der Waals surface area contributed by atoms with Crippen LogP contribution in [0.4, 0.5) is 34.1 Å². The molecule has 0 saturated heterocycles. The molecule has 2 aliphatic rings. The third-order valence-corrected chi connectivity index (χ3v) is 15.8. The second kappa shape index (κ2) is 18.9. The van der Waals surface area contributed by atoms with E-state index in [0.29, 0.717) is 0 Å². The fourth-order valence-corrected chi connectivity index (χ4v) is 12.2. The fourth-order valence-electron chi connectivity index (χ4n) is 12.2. The SMILES string of the molecule is C1=CC2Oc3c(cccc3N(c3ccccc3)c3ccc4c(-c5ccc(-c6ccccc6)cc5)c5cc(N(c6ccccc6)c6cccc7c6oc6ccccc67)ccc5c(-c5ccc(-c6ccccc6)cc5)c4c3)C2C=C1. The van der Waals surface area contributed by atoms with Crippen molar-refractivity contribution in [1.82, 2.24) is 0 Å². The van der Waals surface area contributed by atoms with E-state index in [1.54, 1.807) is 0 Å². The Morgan fingerprint density at radius 3 is 1.36 bits per heavy atom. The number of ether oxygens (including phenoxy) is 1. The lowest BCUT2D eigenvalue weighted by Gasteiger charge is -2.29. The standard InChI is InChI=1S/C74H50N2O2/c1-5-19-49(20-6-1)51-35-39-53(40-36-51)71-61-45-43-58(76(56-25-11-4-12-26-56)68-32-18-30-64-60-28-14-16-34-70(60)78-74(64)68)48-66(61)72(54-41-37-52(38-42-54)50-21-7-2-8-22-50)62-46-44-57(47-65(62)71)75(55-23-9-3-10-24-55)67-31-17-29-63-59-27-13-15-33-69(59)77-73(63)67/h1-48,59,69H. The molecular formula is C74H50N2O2. The molecule has 0 fully saturated rings. The number of fused-ring (bicyclic) bond motifs is 8. The van der Waals surface area contributed by atoms with Crippen molar-refractivity contribution in [2.24, 2.45) is 0 Å². The van der Waals surface area contributed by atoms with Crippen LogP contribution in [0.25, 0.3) is 88.0 Å². The second-order valence-electron chi connectivity index (χ2n) is 20.3.